The lowest BCUT2D eigenvalue weighted by Crippen LogP contribution is -2.41. The van der Waals surface area contributed by atoms with Crippen LogP contribution in [0.25, 0.3) is 0 Å². The van der Waals surface area contributed by atoms with E-state index in [1.54, 1.807) is 6.07 Å². The molecule has 0 spiro atoms. The zero-order chi connectivity index (χ0) is 15.2. The van der Waals surface area contributed by atoms with Gasteiger partial charge in [-0.2, -0.15) is 8.42 Å². The Balaban J connectivity index is 1.87. The molecule has 1 aromatic carbocycles. The van der Waals surface area contributed by atoms with Crippen LogP contribution in [0.4, 0.5) is 5.69 Å². The highest BCUT2D eigenvalue weighted by Crippen LogP contribution is 2.37. The van der Waals surface area contributed by atoms with Crippen molar-refractivity contribution in [2.24, 2.45) is 5.92 Å². The molecule has 1 heterocycles. The zero-order valence-electron chi connectivity index (χ0n) is 11.5. The van der Waals surface area contributed by atoms with Crippen molar-refractivity contribution >= 4 is 15.8 Å². The van der Waals surface area contributed by atoms with E-state index in [0.29, 0.717) is 24.4 Å². The number of anilines is 1. The number of aliphatic hydroxyl groups is 2. The summed E-state index contributed by atoms with van der Waals surface area (Å²) in [6.45, 7) is 1.49. The summed E-state index contributed by atoms with van der Waals surface area (Å²) in [6, 6.07) is 4.34. The average molecular weight is 313 g/mol. The first-order chi connectivity index (χ1) is 9.84. The molecular weight excluding hydrogens is 294 g/mol. The van der Waals surface area contributed by atoms with Gasteiger partial charge in [-0.25, -0.2) is 0 Å². The van der Waals surface area contributed by atoms with E-state index in [9.17, 15) is 18.6 Å². The largest absolute Gasteiger partial charge is 0.393 e. The minimum Gasteiger partial charge on any atom is -0.393 e. The molecule has 0 amide bonds. The molecule has 116 valence electrons. The van der Waals surface area contributed by atoms with E-state index < -0.39 is 16.2 Å². The summed E-state index contributed by atoms with van der Waals surface area (Å²) in [6.07, 6.45) is 1.18. The smallest absolute Gasteiger partial charge is 0.294 e. The van der Waals surface area contributed by atoms with Crippen LogP contribution < -0.4 is 4.90 Å². The molecular formula is C14H19NO5S. The number of hydrogen-bond acceptors (Lipinski definition) is 5. The number of nitrogens with zero attached hydrogens (tertiary/aromatic N) is 1. The number of rotatable bonds is 3. The maximum Gasteiger partial charge on any atom is 0.294 e. The van der Waals surface area contributed by atoms with Gasteiger partial charge in [0, 0.05) is 24.3 Å². The molecule has 1 aromatic rings. The molecule has 1 atom stereocenters. The lowest BCUT2D eigenvalue weighted by atomic mass is 9.81. The third-order valence-electron chi connectivity index (χ3n) is 4.36. The van der Waals surface area contributed by atoms with E-state index in [-0.39, 0.29) is 11.0 Å². The van der Waals surface area contributed by atoms with Crippen molar-refractivity contribution < 1.29 is 23.2 Å². The first-order valence-corrected chi connectivity index (χ1v) is 8.51. The van der Waals surface area contributed by atoms with Gasteiger partial charge in [0.2, 0.25) is 0 Å². The number of fused-ring (bicyclic) bond motifs is 1. The van der Waals surface area contributed by atoms with Crippen molar-refractivity contribution in [2.75, 3.05) is 18.0 Å². The van der Waals surface area contributed by atoms with Crippen molar-refractivity contribution in [3.05, 3.63) is 23.8 Å². The molecule has 21 heavy (non-hydrogen) atoms. The fourth-order valence-corrected chi connectivity index (χ4v) is 3.67. The molecule has 7 heteroatoms. The molecule has 1 unspecified atom stereocenters. The molecule has 0 bridgehead atoms. The minimum absolute atomic E-state index is 0.193. The number of benzene rings is 1. The van der Waals surface area contributed by atoms with Crippen molar-refractivity contribution in [3.63, 3.8) is 0 Å². The van der Waals surface area contributed by atoms with Gasteiger partial charge in [0.05, 0.1) is 17.1 Å². The maximum atomic E-state index is 11.2. The van der Waals surface area contributed by atoms with E-state index in [0.717, 1.165) is 25.1 Å². The van der Waals surface area contributed by atoms with Crippen LogP contribution >= 0.6 is 0 Å². The van der Waals surface area contributed by atoms with Gasteiger partial charge < -0.3 is 15.1 Å². The third kappa shape index (κ3) is 2.91. The molecule has 1 aliphatic carbocycles. The molecule has 1 fully saturated rings. The molecule has 6 nitrogen and oxygen atoms in total. The van der Waals surface area contributed by atoms with Crippen molar-refractivity contribution in [2.45, 2.75) is 36.4 Å². The summed E-state index contributed by atoms with van der Waals surface area (Å²) < 4.78 is 31.5. The van der Waals surface area contributed by atoms with Crippen LogP contribution in [0, 0.1) is 5.92 Å². The maximum absolute atomic E-state index is 11.2. The van der Waals surface area contributed by atoms with Crippen LogP contribution in [0.3, 0.4) is 0 Å². The quantitative estimate of drug-likeness (QED) is 0.719. The second-order valence-corrected chi connectivity index (χ2v) is 7.36. The highest BCUT2D eigenvalue weighted by molar-refractivity contribution is 7.85. The summed E-state index contributed by atoms with van der Waals surface area (Å²) in [5, 5.41) is 19.4. The number of aliphatic hydroxyl groups excluding tert-OH is 2. The predicted octanol–water partition coefficient (Wildman–Crippen LogP) is 0.948. The number of hydrogen-bond donors (Lipinski definition) is 3. The summed E-state index contributed by atoms with van der Waals surface area (Å²) >= 11 is 0. The fraction of sp³-hybridized carbons (Fsp3) is 0.571. The molecule has 3 rings (SSSR count). The lowest BCUT2D eigenvalue weighted by Gasteiger charge is -2.40. The third-order valence-corrected chi connectivity index (χ3v) is 5.21. The topological polar surface area (TPSA) is 98.1 Å². The Kier molecular flexibility index (Phi) is 3.69. The van der Waals surface area contributed by atoms with Crippen molar-refractivity contribution in [3.8, 4) is 0 Å². The first kappa shape index (κ1) is 14.8. The Hall–Kier alpha value is -1.15. The Labute approximate surface area is 123 Å². The summed E-state index contributed by atoms with van der Waals surface area (Å²) in [7, 11) is -4.26. The molecule has 0 aromatic heterocycles. The molecule has 3 N–H and O–H groups in total. The van der Waals surface area contributed by atoms with Crippen molar-refractivity contribution in [1.82, 2.24) is 0 Å². The zero-order valence-corrected chi connectivity index (χ0v) is 12.3. The highest BCUT2D eigenvalue weighted by Gasteiger charge is 2.32. The van der Waals surface area contributed by atoms with Gasteiger partial charge in [-0.1, -0.05) is 0 Å². The van der Waals surface area contributed by atoms with Gasteiger partial charge in [-0.3, -0.25) is 4.55 Å². The standard InChI is InChI=1S/C14H19NO5S/c16-10-5-9(6-10)8-15-4-3-14(17)12-7-11(21(18,19)20)1-2-13(12)15/h1-2,7,9-10,14,16-17H,3-6,8H2,(H,18,19,20). The molecule has 1 aliphatic heterocycles. The van der Waals surface area contributed by atoms with E-state index in [4.69, 9.17) is 4.55 Å². The lowest BCUT2D eigenvalue weighted by molar-refractivity contribution is 0.0452. The SMILES string of the molecule is O=S(=O)(O)c1ccc2c(c1)C(O)CCN2CC1CC(O)C1. The average Bonchev–Trinajstić information content (AvgIpc) is 2.38. The molecule has 0 radical (unpaired) electrons. The van der Waals surface area contributed by atoms with E-state index >= 15 is 0 Å². The Bertz CT molecular complexity index is 639. The van der Waals surface area contributed by atoms with E-state index in [2.05, 4.69) is 4.90 Å². The van der Waals surface area contributed by atoms with Gasteiger partial charge >= 0.3 is 0 Å². The minimum atomic E-state index is -4.26. The van der Waals surface area contributed by atoms with Crippen LogP contribution in [0.5, 0.6) is 0 Å². The Morgan fingerprint density at radius 3 is 2.57 bits per heavy atom. The Morgan fingerprint density at radius 1 is 1.24 bits per heavy atom. The summed E-state index contributed by atoms with van der Waals surface area (Å²) in [5.74, 6) is 0.435. The van der Waals surface area contributed by atoms with Gasteiger partial charge in [-0.05, 0) is 43.4 Å². The van der Waals surface area contributed by atoms with Gasteiger partial charge in [0.1, 0.15) is 0 Å². The van der Waals surface area contributed by atoms with Crippen LogP contribution in [-0.4, -0.2) is 42.4 Å². The van der Waals surface area contributed by atoms with Crippen LogP contribution in [-0.2, 0) is 10.1 Å². The highest BCUT2D eigenvalue weighted by atomic mass is 32.2. The predicted molar refractivity (Wildman–Crippen MR) is 76.8 cm³/mol. The summed E-state index contributed by atoms with van der Waals surface area (Å²) in [4.78, 5) is 1.92. The van der Waals surface area contributed by atoms with Crippen LogP contribution in [0.15, 0.2) is 23.1 Å². The van der Waals surface area contributed by atoms with E-state index in [1.165, 1.54) is 12.1 Å². The summed E-state index contributed by atoms with van der Waals surface area (Å²) in [5.41, 5.74) is 1.35. The molecule has 1 saturated carbocycles. The van der Waals surface area contributed by atoms with Gasteiger partial charge in [0.15, 0.2) is 0 Å². The molecule has 0 saturated heterocycles. The van der Waals surface area contributed by atoms with Crippen LogP contribution in [0.1, 0.15) is 30.9 Å². The fourth-order valence-electron chi connectivity index (χ4n) is 3.15. The van der Waals surface area contributed by atoms with Crippen molar-refractivity contribution in [1.29, 1.82) is 0 Å². The van der Waals surface area contributed by atoms with Gasteiger partial charge in [0.25, 0.3) is 10.1 Å². The monoisotopic (exact) mass is 313 g/mol. The van der Waals surface area contributed by atoms with Gasteiger partial charge in [-0.15, -0.1) is 0 Å². The van der Waals surface area contributed by atoms with E-state index in [1.807, 2.05) is 0 Å². The normalized spacial score (nSPS) is 28.9. The first-order valence-electron chi connectivity index (χ1n) is 7.07. The molecule has 2 aliphatic rings. The van der Waals surface area contributed by atoms with Crippen LogP contribution in [0.2, 0.25) is 0 Å². The Morgan fingerprint density at radius 2 is 1.95 bits per heavy atom. The second-order valence-electron chi connectivity index (χ2n) is 5.94. The second kappa shape index (κ2) is 5.24.